The van der Waals surface area contributed by atoms with E-state index in [1.54, 1.807) is 6.07 Å². The fourth-order valence-electron chi connectivity index (χ4n) is 10.7. The molecule has 6 heteroatoms. The number of aromatic nitrogens is 3. The van der Waals surface area contributed by atoms with Crippen LogP contribution in [0.25, 0.3) is 106 Å². The van der Waals surface area contributed by atoms with Gasteiger partial charge in [-0.2, -0.15) is 0 Å². The van der Waals surface area contributed by atoms with Crippen LogP contribution in [0.2, 0.25) is 0 Å². The summed E-state index contributed by atoms with van der Waals surface area (Å²) in [7, 11) is 0. The van der Waals surface area contributed by atoms with Gasteiger partial charge in [0.25, 0.3) is 0 Å². The van der Waals surface area contributed by atoms with E-state index in [9.17, 15) is 5.11 Å². The Morgan fingerprint density at radius 1 is 0.515 bits per heavy atom. The Bertz CT molecular complexity index is 3800. The smallest absolute Gasteiger partial charge is 0.146 e. The lowest BCUT2D eigenvalue weighted by Crippen LogP contribution is -2.44. The van der Waals surface area contributed by atoms with Gasteiger partial charge >= 0.3 is 0 Å². The molecule has 1 aliphatic carbocycles. The maximum Gasteiger partial charge on any atom is 0.146 e. The number of benzene rings is 7. The van der Waals surface area contributed by atoms with E-state index >= 15 is 0 Å². The summed E-state index contributed by atoms with van der Waals surface area (Å²) in [5, 5.41) is 16.1. The lowest BCUT2D eigenvalue weighted by atomic mass is 9.55. The lowest BCUT2D eigenvalue weighted by molar-refractivity contribution is 0.297. The van der Waals surface area contributed by atoms with Crippen molar-refractivity contribution < 1.29 is 13.9 Å². The van der Waals surface area contributed by atoms with Crippen molar-refractivity contribution in [2.24, 2.45) is 0 Å². The Kier molecular flexibility index (Phi) is 9.30. The molecular formula is C62H53N3O3. The molecule has 1 N–H and O–H groups in total. The quantitative estimate of drug-likeness (QED) is 0.172. The Balaban J connectivity index is 1.17. The minimum Gasteiger partial charge on any atom is -0.507 e. The summed E-state index contributed by atoms with van der Waals surface area (Å²) in [6.07, 6.45) is 2.16. The van der Waals surface area contributed by atoms with Crippen molar-refractivity contribution in [3.8, 4) is 67.7 Å². The minimum atomic E-state index is -0.414. The zero-order chi connectivity index (χ0) is 46.8. The average Bonchev–Trinajstić information content (AvgIpc) is 4.07. The number of imidazole rings is 1. The zero-order valence-corrected chi connectivity index (χ0v) is 39.8. The van der Waals surface area contributed by atoms with Crippen LogP contribution in [0.15, 0.2) is 167 Å². The Hall–Kier alpha value is -7.70. The van der Waals surface area contributed by atoms with E-state index in [1.165, 1.54) is 11.1 Å². The molecule has 0 bridgehead atoms. The Morgan fingerprint density at radius 2 is 1.16 bits per heavy atom. The van der Waals surface area contributed by atoms with Crippen molar-refractivity contribution in [3.63, 3.8) is 0 Å². The van der Waals surface area contributed by atoms with Crippen molar-refractivity contribution in [1.82, 2.24) is 14.5 Å². The Labute approximate surface area is 396 Å². The van der Waals surface area contributed by atoms with Crippen molar-refractivity contribution in [3.05, 3.63) is 180 Å². The predicted octanol–water partition coefficient (Wildman–Crippen LogP) is 16.9. The Morgan fingerprint density at radius 3 is 1.93 bits per heavy atom. The minimum absolute atomic E-state index is 0.213. The van der Waals surface area contributed by atoms with Gasteiger partial charge < -0.3 is 13.9 Å². The molecule has 11 aromatic rings. The van der Waals surface area contributed by atoms with Crippen LogP contribution >= 0.6 is 0 Å². The highest BCUT2D eigenvalue weighted by Gasteiger charge is 2.49. The number of hydrogen-bond donors (Lipinski definition) is 1. The maximum atomic E-state index is 11.9. The molecule has 0 amide bonds. The molecule has 0 unspecified atom stereocenters. The molecule has 68 heavy (non-hydrogen) atoms. The largest absolute Gasteiger partial charge is 0.507 e. The second-order valence-electron chi connectivity index (χ2n) is 20.4. The van der Waals surface area contributed by atoms with Gasteiger partial charge in [0.1, 0.15) is 39.6 Å². The first-order valence-corrected chi connectivity index (χ1v) is 23.8. The number of nitrogens with zero attached hydrogens (tertiary/aromatic N) is 3. The van der Waals surface area contributed by atoms with Gasteiger partial charge in [-0.1, -0.05) is 146 Å². The number of aromatic hydroxyl groups is 1. The number of phenols is 1. The molecule has 1 aliphatic rings. The van der Waals surface area contributed by atoms with Crippen LogP contribution in [-0.2, 0) is 10.8 Å². The summed E-state index contributed by atoms with van der Waals surface area (Å²) >= 11 is 0. The normalized spacial score (nSPS) is 14.1. The van der Waals surface area contributed by atoms with Gasteiger partial charge in [0.05, 0.1) is 11.4 Å². The number of phenolic OH excluding ortho intramolecular Hbond substituents is 1. The van der Waals surface area contributed by atoms with Gasteiger partial charge in [-0.05, 0) is 122 Å². The highest BCUT2D eigenvalue weighted by molar-refractivity contribution is 6.13. The van der Waals surface area contributed by atoms with E-state index in [2.05, 4.69) is 187 Å². The first-order valence-electron chi connectivity index (χ1n) is 23.8. The van der Waals surface area contributed by atoms with E-state index in [0.717, 1.165) is 106 Å². The summed E-state index contributed by atoms with van der Waals surface area (Å²) in [6.45, 7) is 18.2. The molecule has 0 saturated heterocycles. The molecule has 0 fully saturated rings. The van der Waals surface area contributed by atoms with Crippen molar-refractivity contribution in [1.29, 1.82) is 0 Å². The monoisotopic (exact) mass is 887 g/mol. The molecule has 6 nitrogen and oxygen atoms in total. The molecule has 0 atom stereocenters. The van der Waals surface area contributed by atoms with E-state index in [4.69, 9.17) is 18.8 Å². The highest BCUT2D eigenvalue weighted by atomic mass is 16.3. The number of fused-ring (bicyclic) bond motifs is 9. The second-order valence-corrected chi connectivity index (χ2v) is 20.4. The third-order valence-corrected chi connectivity index (χ3v) is 15.2. The molecular weight excluding hydrogens is 835 g/mol. The third-order valence-electron chi connectivity index (χ3n) is 15.2. The summed E-state index contributed by atoms with van der Waals surface area (Å²) in [5.41, 5.74) is 16.5. The van der Waals surface area contributed by atoms with Crippen LogP contribution in [0, 0.1) is 0 Å². The molecule has 0 spiro atoms. The van der Waals surface area contributed by atoms with Gasteiger partial charge in [0.15, 0.2) is 0 Å². The third kappa shape index (κ3) is 6.30. The van der Waals surface area contributed by atoms with Gasteiger partial charge in [-0.15, -0.1) is 0 Å². The first-order chi connectivity index (χ1) is 32.8. The summed E-state index contributed by atoms with van der Waals surface area (Å²) < 4.78 is 15.2. The number of para-hydroxylation sites is 1. The first kappa shape index (κ1) is 41.7. The molecule has 334 valence electrons. The van der Waals surface area contributed by atoms with Crippen LogP contribution in [0.3, 0.4) is 0 Å². The SMILES string of the molecule is CC(C)c1cc(C(C)C)cc(-n2cc(-c3cc(-c4ccc5oc6ccccc6c5c4)c4c(n3)-c3c(O)cccc3C(C)(C)C4(C)C)nc2-c2cccc3oc4ccc(-c5ccccc5)cc4c23)c1. The van der Waals surface area contributed by atoms with Gasteiger partial charge in [0, 0.05) is 50.0 Å². The topological polar surface area (TPSA) is 77.2 Å². The predicted molar refractivity (Wildman–Crippen MR) is 279 cm³/mol. The molecule has 4 aromatic heterocycles. The molecule has 0 radical (unpaired) electrons. The van der Waals surface area contributed by atoms with Gasteiger partial charge in [-0.3, -0.25) is 4.57 Å². The van der Waals surface area contributed by atoms with Crippen LogP contribution in [0.5, 0.6) is 5.75 Å². The van der Waals surface area contributed by atoms with Crippen LogP contribution in [0.4, 0.5) is 0 Å². The molecule has 12 rings (SSSR count). The van der Waals surface area contributed by atoms with E-state index in [-0.39, 0.29) is 11.2 Å². The number of rotatable bonds is 7. The van der Waals surface area contributed by atoms with Crippen molar-refractivity contribution >= 4 is 43.9 Å². The molecule has 0 saturated carbocycles. The maximum absolute atomic E-state index is 11.9. The number of hydrogen-bond acceptors (Lipinski definition) is 5. The van der Waals surface area contributed by atoms with Crippen LogP contribution < -0.4 is 0 Å². The van der Waals surface area contributed by atoms with Crippen LogP contribution in [0.1, 0.15) is 89.5 Å². The van der Waals surface area contributed by atoms with E-state index in [1.807, 2.05) is 24.3 Å². The zero-order valence-electron chi connectivity index (χ0n) is 39.8. The lowest BCUT2D eigenvalue weighted by Gasteiger charge is -2.48. The average molecular weight is 888 g/mol. The molecule has 7 aromatic carbocycles. The highest BCUT2D eigenvalue weighted by Crippen LogP contribution is 2.58. The van der Waals surface area contributed by atoms with Gasteiger partial charge in [-0.25, -0.2) is 9.97 Å². The fourth-order valence-corrected chi connectivity index (χ4v) is 10.7. The number of pyridine rings is 1. The van der Waals surface area contributed by atoms with Gasteiger partial charge in [0.2, 0.25) is 0 Å². The number of furan rings is 2. The molecule has 4 heterocycles. The van der Waals surface area contributed by atoms with Crippen molar-refractivity contribution in [2.75, 3.05) is 0 Å². The standard InChI is InChI=1S/C62H53N3O3/c1-35(2)40-28-41(36(3)4)30-42(29-40)65-34-50(64-60(65)44-19-14-23-55-56(44)47-31-38(24-26-54(47)68-55)37-16-10-9-11-17-37)49-33-45(39-25-27-53-46(32-39)43-18-12-13-22-52(43)67-53)58-59(63-49)57-48(20-15-21-51(57)66)61(5,6)62(58,7)8/h9-36,66H,1-8H3. The van der Waals surface area contributed by atoms with E-state index in [0.29, 0.717) is 23.2 Å². The van der Waals surface area contributed by atoms with Crippen molar-refractivity contribution in [2.45, 2.75) is 78.1 Å². The molecule has 0 aliphatic heterocycles. The fraction of sp³-hybridized carbons (Fsp3) is 0.194. The summed E-state index contributed by atoms with van der Waals surface area (Å²) in [6, 6.07) is 53.0. The summed E-state index contributed by atoms with van der Waals surface area (Å²) in [4.78, 5) is 11.3. The van der Waals surface area contributed by atoms with Crippen LogP contribution in [-0.4, -0.2) is 19.6 Å². The second kappa shape index (κ2) is 15.2. The summed E-state index contributed by atoms with van der Waals surface area (Å²) in [5.74, 6) is 1.62. The van der Waals surface area contributed by atoms with E-state index < -0.39 is 5.41 Å².